The Balaban J connectivity index is 1.50. The lowest BCUT2D eigenvalue weighted by atomic mass is 9.80. The van der Waals surface area contributed by atoms with Crippen LogP contribution in [0.15, 0.2) is 91.0 Å². The second kappa shape index (κ2) is 15.1. The van der Waals surface area contributed by atoms with E-state index in [1.807, 2.05) is 54.6 Å². The number of hydrogen-bond donors (Lipinski definition) is 0. The van der Waals surface area contributed by atoms with Crippen LogP contribution in [0.5, 0.6) is 0 Å². The summed E-state index contributed by atoms with van der Waals surface area (Å²) in [6.07, 6.45) is 0. The van der Waals surface area contributed by atoms with E-state index in [1.54, 1.807) is 0 Å². The van der Waals surface area contributed by atoms with Crippen LogP contribution >= 0.6 is 0 Å². The predicted octanol–water partition coefficient (Wildman–Crippen LogP) is 4.61. The molecule has 0 aliphatic rings. The second-order valence-electron chi connectivity index (χ2n) is 7.80. The van der Waals surface area contributed by atoms with Gasteiger partial charge in [-0.25, -0.2) is 0 Å². The Hall–Kier alpha value is -3.03. The third kappa shape index (κ3) is 8.30. The molecule has 6 heteroatoms. The molecular weight excluding hydrogens is 444 g/mol. The molecule has 35 heavy (non-hydrogen) atoms. The van der Waals surface area contributed by atoms with Gasteiger partial charge in [0.1, 0.15) is 12.2 Å². The lowest BCUT2D eigenvalue weighted by Gasteiger charge is -2.36. The van der Waals surface area contributed by atoms with E-state index in [9.17, 15) is 4.79 Å². The van der Waals surface area contributed by atoms with Crippen LogP contribution in [0.1, 0.15) is 23.6 Å². The minimum absolute atomic E-state index is 0.259. The van der Waals surface area contributed by atoms with Gasteiger partial charge >= 0.3 is 5.97 Å². The summed E-state index contributed by atoms with van der Waals surface area (Å²) in [7, 11) is 0. The summed E-state index contributed by atoms with van der Waals surface area (Å²) < 4.78 is 28.1. The summed E-state index contributed by atoms with van der Waals surface area (Å²) in [4.78, 5) is 10.7. The van der Waals surface area contributed by atoms with Gasteiger partial charge < -0.3 is 23.7 Å². The van der Waals surface area contributed by atoms with E-state index in [1.165, 1.54) is 6.92 Å². The maximum absolute atomic E-state index is 10.7. The molecule has 186 valence electrons. The van der Waals surface area contributed by atoms with Crippen molar-refractivity contribution < 1.29 is 28.5 Å². The molecule has 0 aromatic heterocycles. The maximum atomic E-state index is 10.7. The van der Waals surface area contributed by atoms with E-state index in [0.29, 0.717) is 46.2 Å². The first-order chi connectivity index (χ1) is 17.2. The van der Waals surface area contributed by atoms with Gasteiger partial charge in [-0.2, -0.15) is 0 Å². The molecule has 0 aliphatic heterocycles. The van der Waals surface area contributed by atoms with Crippen molar-refractivity contribution in [3.63, 3.8) is 0 Å². The van der Waals surface area contributed by atoms with Crippen molar-refractivity contribution in [2.75, 3.05) is 52.9 Å². The van der Waals surface area contributed by atoms with E-state index in [-0.39, 0.29) is 12.6 Å². The van der Waals surface area contributed by atoms with Crippen LogP contribution in [-0.4, -0.2) is 58.8 Å². The molecule has 0 fully saturated rings. The zero-order chi connectivity index (χ0) is 24.6. The van der Waals surface area contributed by atoms with Crippen LogP contribution < -0.4 is 0 Å². The van der Waals surface area contributed by atoms with Crippen LogP contribution in [-0.2, 0) is 34.1 Å². The zero-order valence-corrected chi connectivity index (χ0v) is 20.3. The highest BCUT2D eigenvalue weighted by Crippen LogP contribution is 2.40. The normalized spacial score (nSPS) is 11.3. The molecule has 0 N–H and O–H groups in total. The molecule has 0 saturated carbocycles. The van der Waals surface area contributed by atoms with Crippen molar-refractivity contribution >= 4 is 5.97 Å². The Kier molecular flexibility index (Phi) is 11.4. The highest BCUT2D eigenvalue weighted by molar-refractivity contribution is 5.65. The van der Waals surface area contributed by atoms with Gasteiger partial charge in [-0.1, -0.05) is 91.0 Å². The van der Waals surface area contributed by atoms with Gasteiger partial charge in [0.15, 0.2) is 0 Å². The summed E-state index contributed by atoms with van der Waals surface area (Å²) in [6.45, 7) is 4.68. The summed E-state index contributed by atoms with van der Waals surface area (Å²) in [5, 5.41) is 0. The first-order valence-electron chi connectivity index (χ1n) is 11.9. The molecule has 0 unspecified atom stereocenters. The number of hydrogen-bond acceptors (Lipinski definition) is 6. The Morgan fingerprint density at radius 3 is 1.26 bits per heavy atom. The third-order valence-electron chi connectivity index (χ3n) is 5.36. The van der Waals surface area contributed by atoms with Crippen molar-refractivity contribution in [2.24, 2.45) is 0 Å². The predicted molar refractivity (Wildman–Crippen MR) is 134 cm³/mol. The summed E-state index contributed by atoms with van der Waals surface area (Å²) in [5.74, 6) is -0.306. The van der Waals surface area contributed by atoms with Gasteiger partial charge in [-0.3, -0.25) is 4.79 Å². The molecule has 0 saturated heterocycles. The summed E-state index contributed by atoms with van der Waals surface area (Å²) in [6, 6.07) is 30.8. The average molecular weight is 479 g/mol. The molecule has 0 bridgehead atoms. The number of carbonyl (C=O) groups excluding carboxylic acids is 1. The Morgan fingerprint density at radius 1 is 0.543 bits per heavy atom. The van der Waals surface area contributed by atoms with Gasteiger partial charge in [0.05, 0.1) is 46.2 Å². The largest absolute Gasteiger partial charge is 0.463 e. The van der Waals surface area contributed by atoms with Crippen molar-refractivity contribution in [1.82, 2.24) is 0 Å². The molecule has 3 aromatic carbocycles. The van der Waals surface area contributed by atoms with Crippen molar-refractivity contribution in [3.05, 3.63) is 108 Å². The fourth-order valence-electron chi connectivity index (χ4n) is 3.81. The van der Waals surface area contributed by atoms with Gasteiger partial charge in [0.2, 0.25) is 0 Å². The topological polar surface area (TPSA) is 63.2 Å². The first-order valence-corrected chi connectivity index (χ1v) is 11.9. The maximum Gasteiger partial charge on any atom is 0.302 e. The van der Waals surface area contributed by atoms with Gasteiger partial charge in [0.25, 0.3) is 0 Å². The fourth-order valence-corrected chi connectivity index (χ4v) is 3.81. The number of rotatable bonds is 16. The zero-order valence-electron chi connectivity index (χ0n) is 20.3. The van der Waals surface area contributed by atoms with Crippen LogP contribution in [0.4, 0.5) is 0 Å². The fraction of sp³-hybridized carbons (Fsp3) is 0.345. The number of benzene rings is 3. The molecule has 0 radical (unpaired) electrons. The standard InChI is InChI=1S/C29H34O6/c1-25(30)34-23-21-32-19-17-31-18-20-33-22-24-35-29(26-11-5-2-6-12-26,27-13-7-3-8-14-27)28-15-9-4-10-16-28/h2-16H,17-24H2,1H3. The van der Waals surface area contributed by atoms with E-state index in [0.717, 1.165) is 16.7 Å². The molecule has 0 spiro atoms. The van der Waals surface area contributed by atoms with Crippen molar-refractivity contribution in [1.29, 1.82) is 0 Å². The smallest absolute Gasteiger partial charge is 0.302 e. The molecule has 3 aromatic rings. The number of carbonyl (C=O) groups is 1. The Bertz CT molecular complexity index is 866. The molecular formula is C29H34O6. The average Bonchev–Trinajstić information content (AvgIpc) is 2.90. The number of ether oxygens (including phenoxy) is 5. The van der Waals surface area contributed by atoms with Crippen LogP contribution in [0.2, 0.25) is 0 Å². The second-order valence-corrected chi connectivity index (χ2v) is 7.80. The SMILES string of the molecule is CC(=O)OCCOCCOCCOCCOC(c1ccccc1)(c1ccccc1)c1ccccc1. The molecule has 0 atom stereocenters. The summed E-state index contributed by atoms with van der Waals surface area (Å²) in [5.41, 5.74) is 2.45. The Labute approximate surface area is 207 Å². The highest BCUT2D eigenvalue weighted by Gasteiger charge is 2.37. The number of esters is 1. The minimum atomic E-state index is -0.743. The van der Waals surface area contributed by atoms with Gasteiger partial charge in [-0.05, 0) is 16.7 Å². The minimum Gasteiger partial charge on any atom is -0.463 e. The van der Waals surface area contributed by atoms with Crippen LogP contribution in [0.3, 0.4) is 0 Å². The first kappa shape index (κ1) is 26.6. The lowest BCUT2D eigenvalue weighted by Crippen LogP contribution is -2.34. The Morgan fingerprint density at radius 2 is 0.886 bits per heavy atom. The third-order valence-corrected chi connectivity index (χ3v) is 5.36. The van der Waals surface area contributed by atoms with E-state index < -0.39 is 5.60 Å². The highest BCUT2D eigenvalue weighted by atomic mass is 16.6. The van der Waals surface area contributed by atoms with E-state index >= 15 is 0 Å². The van der Waals surface area contributed by atoms with Crippen LogP contribution in [0, 0.1) is 0 Å². The van der Waals surface area contributed by atoms with Gasteiger partial charge in [-0.15, -0.1) is 0 Å². The monoisotopic (exact) mass is 478 g/mol. The quantitative estimate of drug-likeness (QED) is 0.170. The van der Waals surface area contributed by atoms with Crippen LogP contribution in [0.25, 0.3) is 0 Å². The lowest BCUT2D eigenvalue weighted by molar-refractivity contribution is -0.142. The van der Waals surface area contributed by atoms with Crippen molar-refractivity contribution in [3.8, 4) is 0 Å². The van der Waals surface area contributed by atoms with E-state index in [2.05, 4.69) is 36.4 Å². The summed E-state index contributed by atoms with van der Waals surface area (Å²) >= 11 is 0. The molecule has 0 heterocycles. The van der Waals surface area contributed by atoms with E-state index in [4.69, 9.17) is 23.7 Å². The van der Waals surface area contributed by atoms with Crippen molar-refractivity contribution in [2.45, 2.75) is 12.5 Å². The molecule has 0 amide bonds. The molecule has 3 rings (SSSR count). The molecule has 0 aliphatic carbocycles. The van der Waals surface area contributed by atoms with Gasteiger partial charge in [0, 0.05) is 6.92 Å². The molecule has 6 nitrogen and oxygen atoms in total.